The summed E-state index contributed by atoms with van der Waals surface area (Å²) in [5.74, 6) is 0. The fourth-order valence-electron chi connectivity index (χ4n) is 3.23. The molecule has 0 amide bonds. The second-order valence-electron chi connectivity index (χ2n) is 6.03. The van der Waals surface area contributed by atoms with Crippen LogP contribution < -0.4 is 0 Å². The molecule has 2 aliphatic heterocycles. The van der Waals surface area contributed by atoms with Crippen molar-refractivity contribution in [3.05, 3.63) is 6.92 Å². The molecule has 0 aromatic carbocycles. The van der Waals surface area contributed by atoms with Gasteiger partial charge in [0.25, 0.3) is 0 Å². The van der Waals surface area contributed by atoms with Crippen LogP contribution in [-0.2, 0) is 4.74 Å². The molecule has 2 saturated heterocycles. The van der Waals surface area contributed by atoms with Crippen LogP contribution in [-0.4, -0.2) is 84.2 Å². The minimum absolute atomic E-state index is 0.0219. The van der Waals surface area contributed by atoms with Crippen LogP contribution in [0.5, 0.6) is 0 Å². The van der Waals surface area contributed by atoms with Gasteiger partial charge in [-0.3, -0.25) is 9.80 Å². The molecule has 2 heterocycles. The molecule has 117 valence electrons. The van der Waals surface area contributed by atoms with E-state index >= 15 is 0 Å². The van der Waals surface area contributed by atoms with Crippen molar-refractivity contribution in [2.75, 3.05) is 45.9 Å². The lowest BCUT2D eigenvalue weighted by Gasteiger charge is -2.38. The van der Waals surface area contributed by atoms with E-state index in [9.17, 15) is 10.2 Å². The predicted octanol–water partition coefficient (Wildman–Crippen LogP) is 0.119. The zero-order valence-electron chi connectivity index (χ0n) is 12.4. The number of likely N-dealkylation sites (tertiary alicyclic amines) is 1. The Morgan fingerprint density at radius 2 is 1.65 bits per heavy atom. The average molecular weight is 285 g/mol. The fraction of sp³-hybridized carbons (Fsp3) is 0.933. The summed E-state index contributed by atoms with van der Waals surface area (Å²) in [7, 11) is 0. The summed E-state index contributed by atoms with van der Waals surface area (Å²) in [6, 6.07) is -0.0219. The molecule has 0 saturated carbocycles. The second kappa shape index (κ2) is 8.29. The summed E-state index contributed by atoms with van der Waals surface area (Å²) in [5, 5.41) is 20.2. The molecular formula is C15H29N2O3. The van der Waals surface area contributed by atoms with Crippen molar-refractivity contribution in [1.82, 2.24) is 9.80 Å². The smallest absolute Gasteiger partial charge is 0.0697 e. The Balaban J connectivity index is 1.80. The highest BCUT2D eigenvalue weighted by atomic mass is 16.5. The summed E-state index contributed by atoms with van der Waals surface area (Å²) in [4.78, 5) is 4.53. The Labute approximate surface area is 122 Å². The first kappa shape index (κ1) is 16.2. The van der Waals surface area contributed by atoms with Crippen LogP contribution in [0.3, 0.4) is 0 Å². The summed E-state index contributed by atoms with van der Waals surface area (Å²) >= 11 is 0. The van der Waals surface area contributed by atoms with Crippen molar-refractivity contribution < 1.29 is 14.9 Å². The van der Waals surface area contributed by atoms with E-state index < -0.39 is 12.2 Å². The first-order chi connectivity index (χ1) is 9.66. The van der Waals surface area contributed by atoms with Gasteiger partial charge in [-0.05, 0) is 39.3 Å². The SMILES string of the molecule is [CH2][C@H](O)C(CC(O)CN1CCOCC1)N1CCCCC1. The van der Waals surface area contributed by atoms with Gasteiger partial charge in [-0.15, -0.1) is 0 Å². The average Bonchev–Trinajstić information content (AvgIpc) is 2.46. The van der Waals surface area contributed by atoms with Gasteiger partial charge >= 0.3 is 0 Å². The minimum Gasteiger partial charge on any atom is -0.392 e. The highest BCUT2D eigenvalue weighted by Crippen LogP contribution is 2.18. The number of β-amino-alcohol motifs (C(OH)–C–C–N with tert-alkyl or cyclic N) is 1. The van der Waals surface area contributed by atoms with Crippen molar-refractivity contribution in [3.63, 3.8) is 0 Å². The summed E-state index contributed by atoms with van der Waals surface area (Å²) in [5.41, 5.74) is 0. The summed E-state index contributed by atoms with van der Waals surface area (Å²) in [6.45, 7) is 9.76. The van der Waals surface area contributed by atoms with Crippen molar-refractivity contribution in [1.29, 1.82) is 0 Å². The third-order valence-electron chi connectivity index (χ3n) is 4.39. The molecule has 2 fully saturated rings. The van der Waals surface area contributed by atoms with E-state index in [1.54, 1.807) is 0 Å². The molecule has 2 unspecified atom stereocenters. The van der Waals surface area contributed by atoms with E-state index in [2.05, 4.69) is 16.7 Å². The number of rotatable bonds is 6. The van der Waals surface area contributed by atoms with Crippen molar-refractivity contribution >= 4 is 0 Å². The van der Waals surface area contributed by atoms with E-state index in [-0.39, 0.29) is 6.04 Å². The molecule has 2 rings (SSSR count). The van der Waals surface area contributed by atoms with E-state index in [1.165, 1.54) is 19.3 Å². The largest absolute Gasteiger partial charge is 0.392 e. The standard InChI is InChI=1S/C15H29N2O3/c1-13(18)15(17-5-3-2-4-6-17)11-14(19)12-16-7-9-20-10-8-16/h13-15,18-19H,1-12H2/t13-,14?,15?/m0/s1. The summed E-state index contributed by atoms with van der Waals surface area (Å²) in [6.07, 6.45) is 3.20. The van der Waals surface area contributed by atoms with Crippen molar-refractivity contribution in [2.45, 2.75) is 43.9 Å². The third kappa shape index (κ3) is 4.97. The molecule has 3 atom stereocenters. The lowest BCUT2D eigenvalue weighted by molar-refractivity contribution is -0.00804. The van der Waals surface area contributed by atoms with Gasteiger partial charge in [0.2, 0.25) is 0 Å². The third-order valence-corrected chi connectivity index (χ3v) is 4.39. The number of aliphatic hydroxyl groups excluding tert-OH is 2. The highest BCUT2D eigenvalue weighted by molar-refractivity contribution is 4.85. The molecule has 5 heteroatoms. The van der Waals surface area contributed by atoms with Crippen molar-refractivity contribution in [3.8, 4) is 0 Å². The lowest BCUT2D eigenvalue weighted by atomic mass is 9.99. The number of piperidine rings is 1. The quantitative estimate of drug-likeness (QED) is 0.726. The van der Waals surface area contributed by atoms with Crippen LogP contribution in [0.2, 0.25) is 0 Å². The molecular weight excluding hydrogens is 256 g/mol. The zero-order chi connectivity index (χ0) is 14.4. The van der Waals surface area contributed by atoms with E-state index in [4.69, 9.17) is 4.74 Å². The maximum atomic E-state index is 10.3. The van der Waals surface area contributed by atoms with Gasteiger partial charge in [0.05, 0.1) is 25.4 Å². The molecule has 20 heavy (non-hydrogen) atoms. The van der Waals surface area contributed by atoms with Gasteiger partial charge in [-0.25, -0.2) is 0 Å². The predicted molar refractivity (Wildman–Crippen MR) is 78.5 cm³/mol. The van der Waals surface area contributed by atoms with Crippen LogP contribution >= 0.6 is 0 Å². The van der Waals surface area contributed by atoms with Crippen LogP contribution in [0.15, 0.2) is 0 Å². The van der Waals surface area contributed by atoms with Gasteiger partial charge in [0.15, 0.2) is 0 Å². The molecule has 0 aliphatic carbocycles. The Bertz CT molecular complexity index is 264. The molecule has 2 aliphatic rings. The maximum Gasteiger partial charge on any atom is 0.0697 e. The Hall–Kier alpha value is -0.200. The number of ether oxygens (including phenoxy) is 1. The van der Waals surface area contributed by atoms with E-state index in [1.807, 2.05) is 0 Å². The van der Waals surface area contributed by atoms with E-state index in [0.29, 0.717) is 13.0 Å². The highest BCUT2D eigenvalue weighted by Gasteiger charge is 2.27. The van der Waals surface area contributed by atoms with Gasteiger partial charge in [0, 0.05) is 25.7 Å². The van der Waals surface area contributed by atoms with Crippen LogP contribution in [0, 0.1) is 6.92 Å². The van der Waals surface area contributed by atoms with Gasteiger partial charge in [0.1, 0.15) is 0 Å². The fourth-order valence-corrected chi connectivity index (χ4v) is 3.23. The van der Waals surface area contributed by atoms with Crippen LogP contribution in [0.1, 0.15) is 25.7 Å². The normalized spacial score (nSPS) is 27.1. The summed E-state index contributed by atoms with van der Waals surface area (Å²) < 4.78 is 5.31. The topological polar surface area (TPSA) is 56.2 Å². The number of nitrogens with zero attached hydrogens (tertiary/aromatic N) is 2. The first-order valence-electron chi connectivity index (χ1n) is 7.90. The maximum absolute atomic E-state index is 10.3. The molecule has 5 nitrogen and oxygen atoms in total. The second-order valence-corrected chi connectivity index (χ2v) is 6.03. The number of hydrogen-bond donors (Lipinski definition) is 2. The molecule has 0 aromatic rings. The Morgan fingerprint density at radius 1 is 1.00 bits per heavy atom. The van der Waals surface area contributed by atoms with Gasteiger partial charge in [-0.1, -0.05) is 6.42 Å². The number of aliphatic hydroxyl groups is 2. The molecule has 0 spiro atoms. The number of hydrogen-bond acceptors (Lipinski definition) is 5. The van der Waals surface area contributed by atoms with Gasteiger partial charge in [-0.2, -0.15) is 0 Å². The zero-order valence-corrected chi connectivity index (χ0v) is 12.4. The van der Waals surface area contributed by atoms with Crippen LogP contribution in [0.4, 0.5) is 0 Å². The van der Waals surface area contributed by atoms with Crippen LogP contribution in [0.25, 0.3) is 0 Å². The monoisotopic (exact) mass is 285 g/mol. The Kier molecular flexibility index (Phi) is 6.71. The molecule has 0 aromatic heterocycles. The molecule has 2 N–H and O–H groups in total. The van der Waals surface area contributed by atoms with E-state index in [0.717, 1.165) is 39.4 Å². The Morgan fingerprint density at radius 3 is 2.25 bits per heavy atom. The first-order valence-corrected chi connectivity index (χ1v) is 7.90. The van der Waals surface area contributed by atoms with Crippen molar-refractivity contribution in [2.24, 2.45) is 0 Å². The number of morpholine rings is 1. The minimum atomic E-state index is -0.632. The molecule has 0 bridgehead atoms. The lowest BCUT2D eigenvalue weighted by Crippen LogP contribution is -2.49. The van der Waals surface area contributed by atoms with Gasteiger partial charge < -0.3 is 14.9 Å². The molecule has 1 radical (unpaired) electrons.